The molecule has 2 atom stereocenters. The Morgan fingerprint density at radius 3 is 2.61 bits per heavy atom. The van der Waals surface area contributed by atoms with Gasteiger partial charge in [0.15, 0.2) is 0 Å². The third-order valence-electron chi connectivity index (χ3n) is 3.83. The van der Waals surface area contributed by atoms with E-state index in [4.69, 9.17) is 4.74 Å². The third kappa shape index (κ3) is 2.72. The van der Waals surface area contributed by atoms with Crippen molar-refractivity contribution in [2.45, 2.75) is 19.3 Å². The van der Waals surface area contributed by atoms with Gasteiger partial charge in [0.05, 0.1) is 13.0 Å². The number of methoxy groups -OCH3 is 1. The van der Waals surface area contributed by atoms with Gasteiger partial charge in [-0.2, -0.15) is 0 Å². The van der Waals surface area contributed by atoms with Crippen LogP contribution in [0.5, 0.6) is 0 Å². The van der Waals surface area contributed by atoms with Gasteiger partial charge in [0, 0.05) is 6.54 Å². The molecule has 2 unspecified atom stereocenters. The molecular formula is C15H21NO2. The molecule has 1 aromatic rings. The number of ether oxygens (including phenoxy) is 1. The second-order valence-corrected chi connectivity index (χ2v) is 5.20. The topological polar surface area (TPSA) is 29.5 Å². The van der Waals surface area contributed by atoms with Crippen molar-refractivity contribution in [3.8, 4) is 0 Å². The fourth-order valence-corrected chi connectivity index (χ4v) is 2.72. The van der Waals surface area contributed by atoms with Gasteiger partial charge in [-0.1, -0.05) is 29.8 Å². The van der Waals surface area contributed by atoms with Gasteiger partial charge < -0.3 is 9.64 Å². The first-order valence-corrected chi connectivity index (χ1v) is 6.44. The summed E-state index contributed by atoms with van der Waals surface area (Å²) in [5.74, 6) is 0.151. The van der Waals surface area contributed by atoms with Gasteiger partial charge in [-0.25, -0.2) is 0 Å². The summed E-state index contributed by atoms with van der Waals surface area (Å²) in [5, 5.41) is 0. The highest BCUT2D eigenvalue weighted by Crippen LogP contribution is 2.33. The second-order valence-electron chi connectivity index (χ2n) is 5.20. The maximum absolute atomic E-state index is 11.9. The standard InChI is InChI=1S/C15H21NO2/c1-11-4-6-12(7-5-11)13-8-9-16(2)10-14(13)15(17)18-3/h4-7,13-14H,8-10H2,1-3H3. The lowest BCUT2D eigenvalue weighted by Gasteiger charge is -2.35. The van der Waals surface area contributed by atoms with Crippen molar-refractivity contribution in [2.75, 3.05) is 27.2 Å². The van der Waals surface area contributed by atoms with Crippen LogP contribution in [-0.4, -0.2) is 38.1 Å². The van der Waals surface area contributed by atoms with Gasteiger partial charge in [0.1, 0.15) is 0 Å². The number of piperidine rings is 1. The quantitative estimate of drug-likeness (QED) is 0.750. The number of rotatable bonds is 2. The molecule has 0 amide bonds. The number of likely N-dealkylation sites (tertiary alicyclic amines) is 1. The first-order chi connectivity index (χ1) is 8.61. The molecule has 18 heavy (non-hydrogen) atoms. The first kappa shape index (κ1) is 13.1. The molecule has 0 spiro atoms. The molecule has 1 aromatic carbocycles. The number of carbonyl (C=O) groups is 1. The smallest absolute Gasteiger partial charge is 0.310 e. The summed E-state index contributed by atoms with van der Waals surface area (Å²) in [6.07, 6.45) is 1.01. The molecule has 0 saturated carbocycles. The predicted molar refractivity (Wildman–Crippen MR) is 71.5 cm³/mol. The summed E-state index contributed by atoms with van der Waals surface area (Å²) >= 11 is 0. The number of aryl methyl sites for hydroxylation is 1. The molecule has 0 aliphatic carbocycles. The van der Waals surface area contributed by atoms with Crippen molar-refractivity contribution >= 4 is 5.97 Å². The maximum atomic E-state index is 11.9. The van der Waals surface area contributed by atoms with Crippen LogP contribution in [0.4, 0.5) is 0 Å². The number of esters is 1. The van der Waals surface area contributed by atoms with Crippen LogP contribution in [0, 0.1) is 12.8 Å². The van der Waals surface area contributed by atoms with Crippen LogP contribution in [0.25, 0.3) is 0 Å². The number of nitrogens with zero attached hydrogens (tertiary/aromatic N) is 1. The van der Waals surface area contributed by atoms with E-state index in [1.807, 2.05) is 0 Å². The van der Waals surface area contributed by atoms with Crippen LogP contribution < -0.4 is 0 Å². The van der Waals surface area contributed by atoms with E-state index >= 15 is 0 Å². The van der Waals surface area contributed by atoms with Gasteiger partial charge >= 0.3 is 5.97 Å². The normalized spacial score (nSPS) is 24.8. The van der Waals surface area contributed by atoms with Crippen LogP contribution in [0.1, 0.15) is 23.5 Å². The van der Waals surface area contributed by atoms with E-state index in [1.54, 1.807) is 0 Å². The lowest BCUT2D eigenvalue weighted by molar-refractivity contribution is -0.148. The van der Waals surface area contributed by atoms with Crippen molar-refractivity contribution in [2.24, 2.45) is 5.92 Å². The molecule has 3 heteroatoms. The molecule has 1 saturated heterocycles. The number of hydrogen-bond acceptors (Lipinski definition) is 3. The number of benzene rings is 1. The molecule has 98 valence electrons. The van der Waals surface area contributed by atoms with Gasteiger partial charge in [0.25, 0.3) is 0 Å². The van der Waals surface area contributed by atoms with Crippen molar-refractivity contribution in [1.82, 2.24) is 4.90 Å². The minimum Gasteiger partial charge on any atom is -0.469 e. The highest BCUT2D eigenvalue weighted by molar-refractivity contribution is 5.74. The minimum absolute atomic E-state index is 0.0449. The zero-order chi connectivity index (χ0) is 13.1. The predicted octanol–water partition coefficient (Wildman–Crippen LogP) is 2.20. The Bertz CT molecular complexity index is 413. The zero-order valence-corrected chi connectivity index (χ0v) is 11.3. The lowest BCUT2D eigenvalue weighted by atomic mass is 9.80. The molecule has 2 rings (SSSR count). The lowest BCUT2D eigenvalue weighted by Crippen LogP contribution is -2.41. The van der Waals surface area contributed by atoms with Crippen molar-refractivity contribution < 1.29 is 9.53 Å². The molecule has 1 aliphatic heterocycles. The molecule has 0 bridgehead atoms. The molecular weight excluding hydrogens is 226 g/mol. The average molecular weight is 247 g/mol. The fraction of sp³-hybridized carbons (Fsp3) is 0.533. The van der Waals surface area contributed by atoms with E-state index in [0.29, 0.717) is 0 Å². The second kappa shape index (κ2) is 5.53. The van der Waals surface area contributed by atoms with Gasteiger partial charge in [0.2, 0.25) is 0 Å². The Kier molecular flexibility index (Phi) is 4.02. The van der Waals surface area contributed by atoms with E-state index in [9.17, 15) is 4.79 Å². The minimum atomic E-state index is -0.0906. The van der Waals surface area contributed by atoms with E-state index in [2.05, 4.69) is 43.1 Å². The zero-order valence-electron chi connectivity index (χ0n) is 11.3. The summed E-state index contributed by atoms with van der Waals surface area (Å²) in [5.41, 5.74) is 2.50. The summed E-state index contributed by atoms with van der Waals surface area (Å²) in [7, 11) is 3.53. The van der Waals surface area contributed by atoms with Crippen molar-refractivity contribution in [3.63, 3.8) is 0 Å². The molecule has 3 nitrogen and oxygen atoms in total. The monoisotopic (exact) mass is 247 g/mol. The largest absolute Gasteiger partial charge is 0.469 e. The van der Waals surface area contributed by atoms with E-state index in [0.717, 1.165) is 19.5 Å². The van der Waals surface area contributed by atoms with Crippen LogP contribution in [0.15, 0.2) is 24.3 Å². The molecule has 1 heterocycles. The van der Waals surface area contributed by atoms with Crippen molar-refractivity contribution in [1.29, 1.82) is 0 Å². The Balaban J connectivity index is 2.23. The average Bonchev–Trinajstić information content (AvgIpc) is 2.39. The van der Waals surface area contributed by atoms with Crippen LogP contribution in [0.2, 0.25) is 0 Å². The van der Waals surface area contributed by atoms with Gasteiger partial charge in [-0.15, -0.1) is 0 Å². The van der Waals surface area contributed by atoms with Crippen LogP contribution in [0.3, 0.4) is 0 Å². The highest BCUT2D eigenvalue weighted by atomic mass is 16.5. The Morgan fingerprint density at radius 2 is 2.00 bits per heavy atom. The molecule has 0 radical (unpaired) electrons. The molecule has 1 aliphatic rings. The van der Waals surface area contributed by atoms with Crippen LogP contribution >= 0.6 is 0 Å². The SMILES string of the molecule is COC(=O)C1CN(C)CCC1c1ccc(C)cc1. The summed E-state index contributed by atoms with van der Waals surface area (Å²) < 4.78 is 4.95. The Labute approximate surface area is 109 Å². The summed E-state index contributed by atoms with van der Waals surface area (Å²) in [6.45, 7) is 3.90. The maximum Gasteiger partial charge on any atom is 0.310 e. The Hall–Kier alpha value is -1.35. The van der Waals surface area contributed by atoms with Gasteiger partial charge in [-0.3, -0.25) is 4.79 Å². The first-order valence-electron chi connectivity index (χ1n) is 6.44. The molecule has 0 N–H and O–H groups in total. The van der Waals surface area contributed by atoms with Gasteiger partial charge in [-0.05, 0) is 38.4 Å². The molecule has 0 aromatic heterocycles. The summed E-state index contributed by atoms with van der Waals surface area (Å²) in [6, 6.07) is 8.51. The molecule has 1 fully saturated rings. The number of hydrogen-bond donors (Lipinski definition) is 0. The highest BCUT2D eigenvalue weighted by Gasteiger charge is 2.34. The summed E-state index contributed by atoms with van der Waals surface area (Å²) in [4.78, 5) is 14.1. The fourth-order valence-electron chi connectivity index (χ4n) is 2.72. The third-order valence-corrected chi connectivity index (χ3v) is 3.83. The Morgan fingerprint density at radius 1 is 1.33 bits per heavy atom. The van der Waals surface area contributed by atoms with Crippen molar-refractivity contribution in [3.05, 3.63) is 35.4 Å². The van der Waals surface area contributed by atoms with E-state index in [-0.39, 0.29) is 17.8 Å². The number of carbonyl (C=O) groups excluding carboxylic acids is 1. The van der Waals surface area contributed by atoms with Crippen LogP contribution in [-0.2, 0) is 9.53 Å². The van der Waals surface area contributed by atoms with E-state index in [1.165, 1.54) is 18.2 Å². The van der Waals surface area contributed by atoms with E-state index < -0.39 is 0 Å².